The number of carbonyl (C=O) groups excluding carboxylic acids is 2. The van der Waals surface area contributed by atoms with Crippen LogP contribution in [0.15, 0.2) is 11.5 Å². The number of esters is 2. The van der Waals surface area contributed by atoms with E-state index in [4.69, 9.17) is 5.11 Å². The largest absolute Gasteiger partial charge is 0.499 e. The Balaban J connectivity index is 2.89. The summed E-state index contributed by atoms with van der Waals surface area (Å²) < 4.78 is 9.19. The van der Waals surface area contributed by atoms with Crippen molar-refractivity contribution in [3.63, 3.8) is 0 Å². The molecule has 7 heteroatoms. The molecule has 16 heavy (non-hydrogen) atoms. The molecule has 0 unspecified atom stereocenters. The molecule has 7 nitrogen and oxygen atoms in total. The third-order valence-electron chi connectivity index (χ3n) is 1.97. The lowest BCUT2D eigenvalue weighted by molar-refractivity contribution is -0.151. The minimum Gasteiger partial charge on any atom is -0.499 e. The highest BCUT2D eigenvalue weighted by molar-refractivity contribution is 5.90. The molecule has 0 spiro atoms. The van der Waals surface area contributed by atoms with Crippen LogP contribution in [-0.4, -0.2) is 46.1 Å². The molecule has 0 fully saturated rings. The molecule has 0 bridgehead atoms. The summed E-state index contributed by atoms with van der Waals surface area (Å²) in [5.74, 6) is -3.11. The molecule has 0 radical (unpaired) electrons. The van der Waals surface area contributed by atoms with E-state index in [2.05, 4.69) is 9.47 Å². The van der Waals surface area contributed by atoms with Crippen LogP contribution in [0.3, 0.4) is 0 Å². The maximum atomic E-state index is 11.0. The fraction of sp³-hybridized carbons (Fsp3) is 0.556. The van der Waals surface area contributed by atoms with E-state index in [1.54, 1.807) is 0 Å². The van der Waals surface area contributed by atoms with Crippen molar-refractivity contribution in [2.45, 2.75) is 25.6 Å². The first-order chi connectivity index (χ1) is 7.51. The first-order valence-electron chi connectivity index (χ1n) is 4.65. The van der Waals surface area contributed by atoms with Crippen molar-refractivity contribution in [2.24, 2.45) is 0 Å². The van der Waals surface area contributed by atoms with Crippen LogP contribution in [0.1, 0.15) is 13.3 Å². The van der Waals surface area contributed by atoms with Gasteiger partial charge >= 0.3 is 11.9 Å². The summed E-state index contributed by atoms with van der Waals surface area (Å²) in [6.07, 6.45) is -2.77. The van der Waals surface area contributed by atoms with Gasteiger partial charge in [0.25, 0.3) is 0 Å². The Morgan fingerprint density at radius 1 is 1.62 bits per heavy atom. The van der Waals surface area contributed by atoms with Crippen molar-refractivity contribution in [3.8, 4) is 0 Å². The molecule has 0 aromatic heterocycles. The molecule has 1 rings (SSSR count). The van der Waals surface area contributed by atoms with Gasteiger partial charge in [0, 0.05) is 6.42 Å². The average molecular weight is 232 g/mol. The number of carbonyl (C=O) groups is 2. The Labute approximate surface area is 90.9 Å². The fourth-order valence-electron chi connectivity index (χ4n) is 1.11. The minimum absolute atomic E-state index is 0.0346. The average Bonchev–Trinajstić information content (AvgIpc) is 2.56. The van der Waals surface area contributed by atoms with Crippen molar-refractivity contribution >= 4 is 11.9 Å². The lowest BCUT2D eigenvalue weighted by atomic mass is 10.2. The van der Waals surface area contributed by atoms with E-state index in [-0.39, 0.29) is 6.42 Å². The molecule has 0 amide bonds. The van der Waals surface area contributed by atoms with Crippen LogP contribution in [0.25, 0.3) is 0 Å². The molecule has 1 heterocycles. The van der Waals surface area contributed by atoms with Gasteiger partial charge in [-0.2, -0.15) is 0 Å². The fourth-order valence-corrected chi connectivity index (χ4v) is 1.11. The number of hydrogen-bond donors (Lipinski definition) is 3. The third-order valence-corrected chi connectivity index (χ3v) is 1.97. The van der Waals surface area contributed by atoms with Crippen LogP contribution in [0.5, 0.6) is 0 Å². The molecule has 2 atom stereocenters. The first kappa shape index (κ1) is 12.5. The molecule has 0 aromatic carbocycles. The summed E-state index contributed by atoms with van der Waals surface area (Å²) in [4.78, 5) is 22.0. The maximum Gasteiger partial charge on any atom is 0.378 e. The predicted molar refractivity (Wildman–Crippen MR) is 49.0 cm³/mol. The van der Waals surface area contributed by atoms with E-state index < -0.39 is 42.3 Å². The molecule has 0 saturated carbocycles. The van der Waals surface area contributed by atoms with E-state index in [0.717, 1.165) is 0 Å². The van der Waals surface area contributed by atoms with Crippen LogP contribution in [0.4, 0.5) is 0 Å². The second kappa shape index (κ2) is 4.95. The van der Waals surface area contributed by atoms with Gasteiger partial charge in [-0.1, -0.05) is 6.92 Å². The molecular formula is C9H12O7. The van der Waals surface area contributed by atoms with Crippen LogP contribution < -0.4 is 0 Å². The second-order valence-electron chi connectivity index (χ2n) is 3.12. The third kappa shape index (κ3) is 2.31. The number of aliphatic hydroxyl groups excluding tert-OH is 3. The van der Waals surface area contributed by atoms with Crippen LogP contribution in [0, 0.1) is 0 Å². The highest BCUT2D eigenvalue weighted by Gasteiger charge is 2.41. The first-order valence-corrected chi connectivity index (χ1v) is 4.65. The van der Waals surface area contributed by atoms with Gasteiger partial charge in [-0.3, -0.25) is 4.79 Å². The van der Waals surface area contributed by atoms with E-state index in [0.29, 0.717) is 0 Å². The van der Waals surface area contributed by atoms with Gasteiger partial charge in [0.1, 0.15) is 6.10 Å². The quantitative estimate of drug-likeness (QED) is 0.532. The Morgan fingerprint density at radius 2 is 2.25 bits per heavy atom. The van der Waals surface area contributed by atoms with Gasteiger partial charge in [-0.25, -0.2) is 4.79 Å². The van der Waals surface area contributed by atoms with Gasteiger partial charge in [0.15, 0.2) is 6.10 Å². The highest BCUT2D eigenvalue weighted by Crippen LogP contribution is 2.25. The monoisotopic (exact) mass is 232 g/mol. The summed E-state index contributed by atoms with van der Waals surface area (Å²) >= 11 is 0. The maximum absolute atomic E-state index is 11.0. The number of ether oxygens (including phenoxy) is 2. The van der Waals surface area contributed by atoms with E-state index in [1.165, 1.54) is 6.92 Å². The zero-order valence-corrected chi connectivity index (χ0v) is 8.54. The lowest BCUT2D eigenvalue weighted by Crippen LogP contribution is -2.33. The van der Waals surface area contributed by atoms with Crippen molar-refractivity contribution < 1.29 is 34.4 Å². The smallest absolute Gasteiger partial charge is 0.378 e. The Hall–Kier alpha value is -1.60. The summed E-state index contributed by atoms with van der Waals surface area (Å²) in [6, 6.07) is 0. The van der Waals surface area contributed by atoms with Crippen LogP contribution in [-0.2, 0) is 19.1 Å². The van der Waals surface area contributed by atoms with Crippen LogP contribution >= 0.6 is 0 Å². The van der Waals surface area contributed by atoms with Crippen molar-refractivity contribution in [2.75, 3.05) is 6.61 Å². The van der Waals surface area contributed by atoms with Gasteiger partial charge < -0.3 is 24.8 Å². The second-order valence-corrected chi connectivity index (χ2v) is 3.12. The molecule has 1 aliphatic rings. The zero-order valence-electron chi connectivity index (χ0n) is 8.54. The number of cyclic esters (lactones) is 1. The Morgan fingerprint density at radius 3 is 2.75 bits per heavy atom. The highest BCUT2D eigenvalue weighted by atomic mass is 16.6. The topological polar surface area (TPSA) is 113 Å². The molecule has 3 N–H and O–H groups in total. The van der Waals surface area contributed by atoms with E-state index >= 15 is 0 Å². The SMILES string of the molecule is CCC(=O)OC1=C(O)C(=O)O[C@@H]1[C@@H](O)CO. The molecule has 0 saturated heterocycles. The Bertz CT molecular complexity index is 333. The van der Waals surface area contributed by atoms with Gasteiger partial charge in [-0.15, -0.1) is 0 Å². The van der Waals surface area contributed by atoms with Crippen LogP contribution in [0.2, 0.25) is 0 Å². The summed E-state index contributed by atoms with van der Waals surface area (Å²) in [7, 11) is 0. The molecule has 0 aliphatic carbocycles. The van der Waals surface area contributed by atoms with Crippen molar-refractivity contribution in [1.29, 1.82) is 0 Å². The summed E-state index contributed by atoms with van der Waals surface area (Å²) in [5, 5.41) is 27.2. The summed E-state index contributed by atoms with van der Waals surface area (Å²) in [5.41, 5.74) is 0. The van der Waals surface area contributed by atoms with E-state index in [1.807, 2.05) is 0 Å². The van der Waals surface area contributed by atoms with Gasteiger partial charge in [0.2, 0.25) is 11.5 Å². The van der Waals surface area contributed by atoms with E-state index in [9.17, 15) is 19.8 Å². The minimum atomic E-state index is -1.45. The number of aliphatic hydroxyl groups is 3. The summed E-state index contributed by atoms with van der Waals surface area (Å²) in [6.45, 7) is 0.827. The standard InChI is InChI=1S/C9H12O7/c1-2-5(12)15-8-6(13)9(14)16-7(8)4(11)3-10/h4,7,10-11,13H,2-3H2,1H3/t4-,7+/m0/s1. The van der Waals surface area contributed by atoms with Crippen molar-refractivity contribution in [3.05, 3.63) is 11.5 Å². The predicted octanol–water partition coefficient (Wildman–Crippen LogP) is -1.01. The number of rotatable bonds is 4. The number of hydrogen-bond acceptors (Lipinski definition) is 7. The molecule has 0 aromatic rings. The molecule has 90 valence electrons. The van der Waals surface area contributed by atoms with Gasteiger partial charge in [-0.05, 0) is 0 Å². The lowest BCUT2D eigenvalue weighted by Gasteiger charge is -2.17. The van der Waals surface area contributed by atoms with Crippen molar-refractivity contribution in [1.82, 2.24) is 0 Å². The normalized spacial score (nSPS) is 21.9. The molecular weight excluding hydrogens is 220 g/mol. The van der Waals surface area contributed by atoms with Gasteiger partial charge in [0.05, 0.1) is 6.61 Å². The molecule has 1 aliphatic heterocycles. The zero-order chi connectivity index (χ0) is 12.3. The Kier molecular flexibility index (Phi) is 3.86.